The van der Waals surface area contributed by atoms with Gasteiger partial charge in [-0.1, -0.05) is 45.8 Å². The molecule has 0 radical (unpaired) electrons. The summed E-state index contributed by atoms with van der Waals surface area (Å²) in [6, 6.07) is 12.0. The van der Waals surface area contributed by atoms with Crippen LogP contribution in [0.4, 0.5) is 5.69 Å². The summed E-state index contributed by atoms with van der Waals surface area (Å²) in [6.45, 7) is 1.97. The van der Waals surface area contributed by atoms with Crippen molar-refractivity contribution in [2.45, 2.75) is 19.4 Å². The molecule has 2 rings (SSSR count). The Balaban J connectivity index is 2.16. The number of halogens is 1. The molecule has 0 aliphatic heterocycles. The number of aliphatic hydroxyl groups is 1. The van der Waals surface area contributed by atoms with Crippen LogP contribution in [0.15, 0.2) is 46.9 Å². The highest BCUT2D eigenvalue weighted by atomic mass is 79.9. The van der Waals surface area contributed by atoms with Crippen LogP contribution in [0.2, 0.25) is 0 Å². The van der Waals surface area contributed by atoms with E-state index in [9.17, 15) is 15.2 Å². The summed E-state index contributed by atoms with van der Waals surface area (Å²) in [4.78, 5) is 10.2. The van der Waals surface area contributed by atoms with Crippen LogP contribution in [0.3, 0.4) is 0 Å². The van der Waals surface area contributed by atoms with Gasteiger partial charge in [0.2, 0.25) is 0 Å². The molecule has 0 saturated heterocycles. The third kappa shape index (κ3) is 3.43. The first-order valence-electron chi connectivity index (χ1n) is 6.15. The topological polar surface area (TPSA) is 63.4 Å². The second-order valence-corrected chi connectivity index (χ2v) is 5.52. The summed E-state index contributed by atoms with van der Waals surface area (Å²) < 4.78 is 0.859. The van der Waals surface area contributed by atoms with Gasteiger partial charge in [-0.25, -0.2) is 0 Å². The van der Waals surface area contributed by atoms with Gasteiger partial charge in [-0.05, 0) is 24.1 Å². The zero-order valence-corrected chi connectivity index (χ0v) is 12.5. The van der Waals surface area contributed by atoms with Crippen molar-refractivity contribution in [3.05, 3.63) is 73.7 Å². The molecule has 1 unspecified atom stereocenters. The van der Waals surface area contributed by atoms with Crippen molar-refractivity contribution in [2.75, 3.05) is 0 Å². The standard InChI is InChI=1S/C15H14BrNO3/c1-10-2-7-14(16)13(8-10)15(18)9-11-3-5-12(6-4-11)17(19)20/h2-8,15,18H,9H2,1H3. The molecule has 0 fully saturated rings. The molecular weight excluding hydrogens is 322 g/mol. The maximum atomic E-state index is 10.6. The van der Waals surface area contributed by atoms with Gasteiger partial charge in [-0.3, -0.25) is 10.1 Å². The van der Waals surface area contributed by atoms with Gasteiger partial charge in [-0.15, -0.1) is 0 Å². The third-order valence-electron chi connectivity index (χ3n) is 3.09. The van der Waals surface area contributed by atoms with Gasteiger partial charge in [0.25, 0.3) is 5.69 Å². The van der Waals surface area contributed by atoms with E-state index in [1.54, 1.807) is 12.1 Å². The van der Waals surface area contributed by atoms with E-state index in [1.165, 1.54) is 12.1 Å². The van der Waals surface area contributed by atoms with E-state index >= 15 is 0 Å². The Hall–Kier alpha value is -1.72. The lowest BCUT2D eigenvalue weighted by atomic mass is 10.00. The number of benzene rings is 2. The average Bonchev–Trinajstić information content (AvgIpc) is 2.42. The highest BCUT2D eigenvalue weighted by Gasteiger charge is 2.13. The van der Waals surface area contributed by atoms with E-state index in [2.05, 4.69) is 15.9 Å². The highest BCUT2D eigenvalue weighted by molar-refractivity contribution is 9.10. The summed E-state index contributed by atoms with van der Waals surface area (Å²) >= 11 is 3.43. The second-order valence-electron chi connectivity index (χ2n) is 4.67. The summed E-state index contributed by atoms with van der Waals surface area (Å²) in [6.07, 6.45) is -0.231. The molecule has 0 amide bonds. The van der Waals surface area contributed by atoms with E-state index < -0.39 is 11.0 Å². The van der Waals surface area contributed by atoms with Crippen LogP contribution in [0.25, 0.3) is 0 Å². The molecule has 0 aliphatic rings. The van der Waals surface area contributed by atoms with Crippen molar-refractivity contribution in [3.63, 3.8) is 0 Å². The van der Waals surface area contributed by atoms with Crippen LogP contribution in [0, 0.1) is 17.0 Å². The van der Waals surface area contributed by atoms with E-state index in [-0.39, 0.29) is 5.69 Å². The first-order valence-corrected chi connectivity index (χ1v) is 6.94. The molecule has 1 N–H and O–H groups in total. The van der Waals surface area contributed by atoms with Gasteiger partial charge in [0.15, 0.2) is 0 Å². The second kappa shape index (κ2) is 6.15. The number of nitro benzene ring substituents is 1. The smallest absolute Gasteiger partial charge is 0.269 e. The number of hydrogen-bond acceptors (Lipinski definition) is 3. The van der Waals surface area contributed by atoms with Gasteiger partial charge in [-0.2, -0.15) is 0 Å². The Morgan fingerprint density at radius 2 is 1.90 bits per heavy atom. The van der Waals surface area contributed by atoms with Gasteiger partial charge >= 0.3 is 0 Å². The number of nitro groups is 1. The number of nitrogens with zero attached hydrogens (tertiary/aromatic N) is 1. The number of rotatable bonds is 4. The number of non-ortho nitro benzene ring substituents is 1. The van der Waals surface area contributed by atoms with Crippen molar-refractivity contribution in [2.24, 2.45) is 0 Å². The van der Waals surface area contributed by atoms with Crippen LogP contribution >= 0.6 is 15.9 Å². The van der Waals surface area contributed by atoms with Crippen molar-refractivity contribution < 1.29 is 10.0 Å². The van der Waals surface area contributed by atoms with Crippen molar-refractivity contribution in [3.8, 4) is 0 Å². The van der Waals surface area contributed by atoms with Crippen molar-refractivity contribution >= 4 is 21.6 Å². The number of aliphatic hydroxyl groups excluding tert-OH is 1. The molecule has 0 aliphatic carbocycles. The zero-order chi connectivity index (χ0) is 14.7. The van der Waals surface area contributed by atoms with Crippen LogP contribution in [0.5, 0.6) is 0 Å². The van der Waals surface area contributed by atoms with Crippen LogP contribution < -0.4 is 0 Å². The molecule has 2 aromatic carbocycles. The Kier molecular flexibility index (Phi) is 4.52. The predicted molar refractivity (Wildman–Crippen MR) is 80.6 cm³/mol. The minimum atomic E-state index is -0.647. The quantitative estimate of drug-likeness (QED) is 0.679. The maximum absolute atomic E-state index is 10.6. The highest BCUT2D eigenvalue weighted by Crippen LogP contribution is 2.27. The van der Waals surface area contributed by atoms with Gasteiger partial charge in [0.1, 0.15) is 0 Å². The normalized spacial score (nSPS) is 12.2. The maximum Gasteiger partial charge on any atom is 0.269 e. The molecule has 4 nitrogen and oxygen atoms in total. The molecule has 20 heavy (non-hydrogen) atoms. The monoisotopic (exact) mass is 335 g/mol. The molecule has 0 heterocycles. The zero-order valence-electron chi connectivity index (χ0n) is 10.9. The molecule has 0 aromatic heterocycles. The van der Waals surface area contributed by atoms with Gasteiger partial charge in [0.05, 0.1) is 11.0 Å². The fraction of sp³-hybridized carbons (Fsp3) is 0.200. The number of aryl methyl sites for hydroxylation is 1. The lowest BCUT2D eigenvalue weighted by Gasteiger charge is -2.13. The van der Waals surface area contributed by atoms with E-state index in [1.807, 2.05) is 25.1 Å². The predicted octanol–water partition coefficient (Wildman–Crippen LogP) is 3.94. The van der Waals surface area contributed by atoms with Crippen molar-refractivity contribution in [1.82, 2.24) is 0 Å². The third-order valence-corrected chi connectivity index (χ3v) is 3.81. The SMILES string of the molecule is Cc1ccc(Br)c(C(O)Cc2ccc([N+](=O)[O-])cc2)c1. The Bertz CT molecular complexity index is 626. The Morgan fingerprint density at radius 3 is 2.50 bits per heavy atom. The molecule has 0 spiro atoms. The fourth-order valence-electron chi connectivity index (χ4n) is 2.01. The Morgan fingerprint density at radius 1 is 1.25 bits per heavy atom. The lowest BCUT2D eigenvalue weighted by molar-refractivity contribution is -0.384. The van der Waals surface area contributed by atoms with E-state index in [0.717, 1.165) is 21.2 Å². The molecular formula is C15H14BrNO3. The summed E-state index contributed by atoms with van der Waals surface area (Å²) in [7, 11) is 0. The molecule has 1 atom stereocenters. The minimum Gasteiger partial charge on any atom is -0.388 e. The average molecular weight is 336 g/mol. The lowest BCUT2D eigenvalue weighted by Crippen LogP contribution is -2.03. The first-order chi connectivity index (χ1) is 9.47. The van der Waals surface area contributed by atoms with E-state index in [0.29, 0.717) is 6.42 Å². The van der Waals surface area contributed by atoms with Crippen LogP contribution in [0.1, 0.15) is 22.8 Å². The summed E-state index contributed by atoms with van der Waals surface area (Å²) in [5.74, 6) is 0. The molecule has 2 aromatic rings. The van der Waals surface area contributed by atoms with Crippen LogP contribution in [-0.4, -0.2) is 10.0 Å². The Labute approximate surface area is 125 Å². The van der Waals surface area contributed by atoms with Gasteiger partial charge < -0.3 is 5.11 Å². The molecule has 0 bridgehead atoms. The number of hydrogen-bond donors (Lipinski definition) is 1. The minimum absolute atomic E-state index is 0.0555. The van der Waals surface area contributed by atoms with Crippen molar-refractivity contribution in [1.29, 1.82) is 0 Å². The molecule has 0 saturated carbocycles. The van der Waals surface area contributed by atoms with Gasteiger partial charge in [0, 0.05) is 23.0 Å². The van der Waals surface area contributed by atoms with E-state index in [4.69, 9.17) is 0 Å². The van der Waals surface area contributed by atoms with Crippen LogP contribution in [-0.2, 0) is 6.42 Å². The molecule has 5 heteroatoms. The largest absolute Gasteiger partial charge is 0.388 e. The fourth-order valence-corrected chi connectivity index (χ4v) is 2.52. The summed E-state index contributed by atoms with van der Waals surface area (Å²) in [5.41, 5.74) is 2.81. The summed E-state index contributed by atoms with van der Waals surface area (Å²) in [5, 5.41) is 20.9. The molecule has 104 valence electrons. The first kappa shape index (κ1) is 14.7.